The smallest absolute Gasteiger partial charge is 0.330 e. The van der Waals surface area contributed by atoms with Crippen LogP contribution in [0.5, 0.6) is 0 Å². The maximum Gasteiger partial charge on any atom is 0.330 e. The Kier molecular flexibility index (Phi) is 14.0. The molecule has 0 bridgehead atoms. The Morgan fingerprint density at radius 1 is 0.950 bits per heavy atom. The highest BCUT2D eigenvalue weighted by Crippen LogP contribution is 2.14. The van der Waals surface area contributed by atoms with Gasteiger partial charge in [-0.25, -0.2) is 4.79 Å². The van der Waals surface area contributed by atoms with E-state index in [1.165, 1.54) is 70.3 Å². The Hall–Kier alpha value is -0.790. The number of esters is 1. The fourth-order valence-electron chi connectivity index (χ4n) is 2.42. The molecule has 0 aromatic rings. The van der Waals surface area contributed by atoms with Crippen LogP contribution in [-0.2, 0) is 9.53 Å². The maximum atomic E-state index is 11.1. The molecule has 0 aromatic carbocycles. The van der Waals surface area contributed by atoms with Gasteiger partial charge < -0.3 is 4.74 Å². The summed E-state index contributed by atoms with van der Waals surface area (Å²) in [5.41, 5.74) is 0. The van der Waals surface area contributed by atoms with Crippen molar-refractivity contribution in [2.45, 2.75) is 97.0 Å². The van der Waals surface area contributed by atoms with Gasteiger partial charge in [0, 0.05) is 6.08 Å². The first kappa shape index (κ1) is 19.2. The van der Waals surface area contributed by atoms with Gasteiger partial charge in [0.1, 0.15) is 6.10 Å². The number of carbonyl (C=O) groups excluding carboxylic acids is 1. The largest absolute Gasteiger partial charge is 0.459 e. The van der Waals surface area contributed by atoms with E-state index in [1.807, 2.05) is 0 Å². The minimum Gasteiger partial charge on any atom is -0.459 e. The van der Waals surface area contributed by atoms with Crippen LogP contribution in [0.15, 0.2) is 12.7 Å². The van der Waals surface area contributed by atoms with Crippen LogP contribution in [-0.4, -0.2) is 12.1 Å². The Labute approximate surface area is 126 Å². The number of unbranched alkanes of at least 4 members (excludes halogenated alkanes) is 9. The summed E-state index contributed by atoms with van der Waals surface area (Å²) in [6.45, 7) is 7.76. The van der Waals surface area contributed by atoms with Crippen LogP contribution in [0.4, 0.5) is 0 Å². The third-order valence-electron chi connectivity index (χ3n) is 3.78. The van der Waals surface area contributed by atoms with E-state index in [9.17, 15) is 4.79 Å². The summed E-state index contributed by atoms with van der Waals surface area (Å²) in [7, 11) is 0. The molecule has 0 heterocycles. The molecule has 2 nitrogen and oxygen atoms in total. The molecule has 118 valence electrons. The molecule has 0 saturated heterocycles. The summed E-state index contributed by atoms with van der Waals surface area (Å²) >= 11 is 0. The molecule has 0 N–H and O–H groups in total. The molecule has 1 unspecified atom stereocenters. The normalized spacial score (nSPS) is 12.1. The fourth-order valence-corrected chi connectivity index (χ4v) is 2.42. The Morgan fingerprint density at radius 3 is 1.90 bits per heavy atom. The quantitative estimate of drug-likeness (QED) is 0.228. The molecular weight excluding hydrogens is 248 g/mol. The highest BCUT2D eigenvalue weighted by Gasteiger charge is 2.09. The van der Waals surface area contributed by atoms with Crippen LogP contribution < -0.4 is 0 Å². The van der Waals surface area contributed by atoms with Gasteiger partial charge in [0.15, 0.2) is 0 Å². The van der Waals surface area contributed by atoms with Crippen molar-refractivity contribution in [1.29, 1.82) is 0 Å². The van der Waals surface area contributed by atoms with E-state index in [0.29, 0.717) is 0 Å². The van der Waals surface area contributed by atoms with E-state index in [0.717, 1.165) is 12.8 Å². The molecule has 0 aliphatic carbocycles. The van der Waals surface area contributed by atoms with Gasteiger partial charge in [-0.05, 0) is 19.3 Å². The summed E-state index contributed by atoms with van der Waals surface area (Å²) in [5, 5.41) is 0. The first-order valence-corrected chi connectivity index (χ1v) is 8.57. The summed E-state index contributed by atoms with van der Waals surface area (Å²) < 4.78 is 5.27. The first-order chi connectivity index (χ1) is 9.74. The van der Waals surface area contributed by atoms with Crippen molar-refractivity contribution in [3.8, 4) is 0 Å². The van der Waals surface area contributed by atoms with E-state index in [-0.39, 0.29) is 12.1 Å². The Morgan fingerprint density at radius 2 is 1.45 bits per heavy atom. The van der Waals surface area contributed by atoms with Gasteiger partial charge in [-0.15, -0.1) is 0 Å². The van der Waals surface area contributed by atoms with E-state index in [1.54, 1.807) is 0 Å². The number of hydrogen-bond donors (Lipinski definition) is 0. The summed E-state index contributed by atoms with van der Waals surface area (Å²) in [4.78, 5) is 11.1. The van der Waals surface area contributed by atoms with Gasteiger partial charge in [-0.3, -0.25) is 0 Å². The van der Waals surface area contributed by atoms with Crippen LogP contribution in [0.1, 0.15) is 90.9 Å². The zero-order valence-electron chi connectivity index (χ0n) is 13.7. The van der Waals surface area contributed by atoms with Crippen LogP contribution in [0.3, 0.4) is 0 Å². The minimum absolute atomic E-state index is 0.0783. The molecule has 0 aromatic heterocycles. The average molecular weight is 282 g/mol. The molecule has 0 rings (SSSR count). The fraction of sp³-hybridized carbons (Fsp3) is 0.833. The predicted molar refractivity (Wildman–Crippen MR) is 86.8 cm³/mol. The maximum absolute atomic E-state index is 11.1. The second kappa shape index (κ2) is 14.6. The molecule has 0 spiro atoms. The standard InChI is InChI=1S/C18H34O2/c1-4-7-8-9-10-11-12-13-14-15-16-17(5-2)20-18(19)6-3/h6,17H,3-5,7-16H2,1-2H3. The van der Waals surface area contributed by atoms with Crippen molar-refractivity contribution in [3.63, 3.8) is 0 Å². The topological polar surface area (TPSA) is 26.3 Å². The minimum atomic E-state index is -0.288. The molecular formula is C18H34O2. The third kappa shape index (κ3) is 12.3. The number of ether oxygens (including phenoxy) is 1. The van der Waals surface area contributed by atoms with Crippen molar-refractivity contribution in [3.05, 3.63) is 12.7 Å². The monoisotopic (exact) mass is 282 g/mol. The third-order valence-corrected chi connectivity index (χ3v) is 3.78. The van der Waals surface area contributed by atoms with Gasteiger partial charge in [0.05, 0.1) is 0 Å². The van der Waals surface area contributed by atoms with E-state index >= 15 is 0 Å². The van der Waals surface area contributed by atoms with E-state index in [2.05, 4.69) is 20.4 Å². The average Bonchev–Trinajstić information content (AvgIpc) is 2.47. The second-order valence-electron chi connectivity index (χ2n) is 5.64. The van der Waals surface area contributed by atoms with Crippen molar-refractivity contribution >= 4 is 5.97 Å². The molecule has 20 heavy (non-hydrogen) atoms. The van der Waals surface area contributed by atoms with Gasteiger partial charge in [-0.1, -0.05) is 78.2 Å². The van der Waals surface area contributed by atoms with Crippen molar-refractivity contribution in [2.75, 3.05) is 0 Å². The molecule has 1 atom stereocenters. The lowest BCUT2D eigenvalue weighted by Gasteiger charge is -2.14. The van der Waals surface area contributed by atoms with Crippen molar-refractivity contribution < 1.29 is 9.53 Å². The van der Waals surface area contributed by atoms with Crippen molar-refractivity contribution in [2.24, 2.45) is 0 Å². The molecule has 0 aliphatic rings. The number of rotatable bonds is 14. The van der Waals surface area contributed by atoms with Gasteiger partial charge in [0.25, 0.3) is 0 Å². The number of carbonyl (C=O) groups is 1. The predicted octanol–water partition coefficient (Wildman–Crippen LogP) is 5.81. The lowest BCUT2D eigenvalue weighted by molar-refractivity contribution is -0.143. The lowest BCUT2D eigenvalue weighted by Crippen LogP contribution is -2.15. The highest BCUT2D eigenvalue weighted by atomic mass is 16.5. The zero-order chi connectivity index (χ0) is 15.1. The van der Waals surface area contributed by atoms with E-state index in [4.69, 9.17) is 4.74 Å². The Balaban J connectivity index is 3.33. The summed E-state index contributed by atoms with van der Waals surface area (Å²) in [5.74, 6) is -0.288. The second-order valence-corrected chi connectivity index (χ2v) is 5.64. The van der Waals surface area contributed by atoms with Crippen molar-refractivity contribution in [1.82, 2.24) is 0 Å². The van der Waals surface area contributed by atoms with Crippen LogP contribution in [0.2, 0.25) is 0 Å². The SMILES string of the molecule is C=CC(=O)OC(CC)CCCCCCCCCCCC. The molecule has 0 amide bonds. The molecule has 0 saturated carbocycles. The van der Waals surface area contributed by atoms with Crippen LogP contribution in [0, 0.1) is 0 Å². The lowest BCUT2D eigenvalue weighted by atomic mass is 10.0. The first-order valence-electron chi connectivity index (χ1n) is 8.57. The summed E-state index contributed by atoms with van der Waals surface area (Å²) in [6.07, 6.45) is 16.6. The molecule has 0 radical (unpaired) electrons. The van der Waals surface area contributed by atoms with Crippen LogP contribution in [0.25, 0.3) is 0 Å². The highest BCUT2D eigenvalue weighted by molar-refractivity contribution is 5.81. The van der Waals surface area contributed by atoms with Gasteiger partial charge in [-0.2, -0.15) is 0 Å². The Bertz CT molecular complexity index is 236. The molecule has 0 aliphatic heterocycles. The molecule has 0 fully saturated rings. The van der Waals surface area contributed by atoms with Gasteiger partial charge >= 0.3 is 5.97 Å². The zero-order valence-corrected chi connectivity index (χ0v) is 13.7. The van der Waals surface area contributed by atoms with E-state index < -0.39 is 0 Å². The van der Waals surface area contributed by atoms with Crippen LogP contribution >= 0.6 is 0 Å². The van der Waals surface area contributed by atoms with Gasteiger partial charge in [0.2, 0.25) is 0 Å². The summed E-state index contributed by atoms with van der Waals surface area (Å²) in [6, 6.07) is 0. The number of hydrogen-bond acceptors (Lipinski definition) is 2. The molecule has 2 heteroatoms.